The van der Waals surface area contributed by atoms with Gasteiger partial charge in [-0.25, -0.2) is 4.39 Å². The van der Waals surface area contributed by atoms with Crippen molar-refractivity contribution in [3.63, 3.8) is 0 Å². The summed E-state index contributed by atoms with van der Waals surface area (Å²) < 4.78 is 15.5. The Labute approximate surface area is 120 Å². The summed E-state index contributed by atoms with van der Waals surface area (Å²) in [4.78, 5) is 1.21. The number of thiophene rings is 1. The summed E-state index contributed by atoms with van der Waals surface area (Å²) in [6.07, 6.45) is 0. The van der Waals surface area contributed by atoms with Gasteiger partial charge in [0.25, 0.3) is 0 Å². The zero-order valence-corrected chi connectivity index (χ0v) is 12.8. The quantitative estimate of drug-likeness (QED) is 0.812. The van der Waals surface area contributed by atoms with Crippen LogP contribution in [0.2, 0.25) is 0 Å². The van der Waals surface area contributed by atoms with Gasteiger partial charge in [-0.15, -0.1) is 11.3 Å². The summed E-state index contributed by atoms with van der Waals surface area (Å²) in [5, 5.41) is 3.23. The largest absolute Gasteiger partial charge is 0.308 e. The van der Waals surface area contributed by atoms with Gasteiger partial charge in [0.15, 0.2) is 0 Å². The van der Waals surface area contributed by atoms with Crippen molar-refractivity contribution in [2.75, 3.05) is 0 Å². The Morgan fingerprint density at radius 3 is 2.59 bits per heavy atom. The Morgan fingerprint density at radius 1 is 1.18 bits per heavy atom. The molecule has 0 saturated carbocycles. The third kappa shape index (κ3) is 3.61. The van der Waals surface area contributed by atoms with E-state index < -0.39 is 0 Å². The molecule has 1 nitrogen and oxygen atoms in total. The van der Waals surface area contributed by atoms with Crippen molar-refractivity contribution < 1.29 is 4.39 Å². The number of benzene rings is 1. The van der Waals surface area contributed by atoms with E-state index in [-0.39, 0.29) is 5.82 Å². The van der Waals surface area contributed by atoms with Crippen molar-refractivity contribution in [1.29, 1.82) is 0 Å². The second-order valence-electron chi connectivity index (χ2n) is 3.53. The first kappa shape index (κ1) is 13.2. The van der Waals surface area contributed by atoms with Gasteiger partial charge in [-0.1, -0.05) is 18.2 Å². The summed E-state index contributed by atoms with van der Waals surface area (Å²) in [5.74, 6) is -0.159. The van der Waals surface area contributed by atoms with Gasteiger partial charge in [0.2, 0.25) is 0 Å². The summed E-state index contributed by atoms with van der Waals surface area (Å²) in [7, 11) is 0. The lowest BCUT2D eigenvalue weighted by Gasteiger charge is -2.04. The van der Waals surface area contributed by atoms with Crippen molar-refractivity contribution in [1.82, 2.24) is 5.32 Å². The fraction of sp³-hybridized carbons (Fsp3) is 0.167. The second-order valence-corrected chi connectivity index (χ2v) is 6.84. The monoisotopic (exact) mass is 377 g/mol. The Kier molecular flexibility index (Phi) is 4.73. The molecule has 1 aromatic carbocycles. The Hall–Kier alpha value is -0.230. The maximum absolute atomic E-state index is 13.3. The van der Waals surface area contributed by atoms with Crippen LogP contribution >= 0.6 is 43.2 Å². The van der Waals surface area contributed by atoms with E-state index in [0.717, 1.165) is 14.8 Å². The van der Waals surface area contributed by atoms with Crippen molar-refractivity contribution in [2.24, 2.45) is 0 Å². The van der Waals surface area contributed by atoms with E-state index in [2.05, 4.69) is 43.2 Å². The zero-order chi connectivity index (χ0) is 12.3. The lowest BCUT2D eigenvalue weighted by Crippen LogP contribution is -2.12. The molecule has 1 N–H and O–H groups in total. The van der Waals surface area contributed by atoms with Gasteiger partial charge < -0.3 is 5.32 Å². The minimum absolute atomic E-state index is 0.159. The Bertz CT molecular complexity index is 493. The van der Waals surface area contributed by atoms with Crippen LogP contribution in [0.25, 0.3) is 0 Å². The smallest absolute Gasteiger partial charge is 0.127 e. The molecular weight excluding hydrogens is 369 g/mol. The molecule has 5 heteroatoms. The molecule has 1 aromatic heterocycles. The lowest BCUT2D eigenvalue weighted by atomic mass is 10.2. The van der Waals surface area contributed by atoms with Gasteiger partial charge in [-0.05, 0) is 44.0 Å². The Balaban J connectivity index is 1.90. The number of rotatable bonds is 4. The molecule has 0 aliphatic carbocycles. The summed E-state index contributed by atoms with van der Waals surface area (Å²) in [5.41, 5.74) is 0.696. The SMILES string of the molecule is Fc1ccccc1CNCc1cc(Br)c(Br)s1. The van der Waals surface area contributed by atoms with E-state index in [1.54, 1.807) is 23.5 Å². The minimum atomic E-state index is -0.159. The first-order valence-corrected chi connectivity index (χ1v) is 7.45. The van der Waals surface area contributed by atoms with E-state index in [0.29, 0.717) is 12.1 Å². The second kappa shape index (κ2) is 6.09. The van der Waals surface area contributed by atoms with Gasteiger partial charge in [0.05, 0.1) is 3.79 Å². The fourth-order valence-electron chi connectivity index (χ4n) is 1.44. The molecule has 0 amide bonds. The van der Waals surface area contributed by atoms with Gasteiger partial charge in [0.1, 0.15) is 5.82 Å². The highest BCUT2D eigenvalue weighted by molar-refractivity contribution is 9.13. The van der Waals surface area contributed by atoms with Crippen LogP contribution in [0.5, 0.6) is 0 Å². The van der Waals surface area contributed by atoms with E-state index in [9.17, 15) is 4.39 Å². The Morgan fingerprint density at radius 2 is 1.94 bits per heavy atom. The number of halogens is 3. The van der Waals surface area contributed by atoms with E-state index in [4.69, 9.17) is 0 Å². The fourth-order valence-corrected chi connectivity index (χ4v) is 3.59. The van der Waals surface area contributed by atoms with Gasteiger partial charge in [-0.2, -0.15) is 0 Å². The van der Waals surface area contributed by atoms with Crippen LogP contribution in [0.3, 0.4) is 0 Å². The predicted octanol–water partition coefficient (Wildman–Crippen LogP) is 4.70. The van der Waals surface area contributed by atoms with Crippen molar-refractivity contribution in [3.05, 3.63) is 54.8 Å². The normalized spacial score (nSPS) is 10.8. The van der Waals surface area contributed by atoms with Crippen LogP contribution in [-0.2, 0) is 13.1 Å². The molecule has 0 bridgehead atoms. The third-order valence-electron chi connectivity index (χ3n) is 2.27. The molecule has 0 unspecified atom stereocenters. The molecular formula is C12H10Br2FNS. The highest BCUT2D eigenvalue weighted by Gasteiger charge is 2.04. The van der Waals surface area contributed by atoms with Crippen LogP contribution in [0.4, 0.5) is 4.39 Å². The molecule has 2 aromatic rings. The van der Waals surface area contributed by atoms with Crippen LogP contribution in [0.15, 0.2) is 38.6 Å². The average Bonchev–Trinajstić information content (AvgIpc) is 2.61. The molecule has 0 fully saturated rings. The summed E-state index contributed by atoms with van der Waals surface area (Å²) in [6, 6.07) is 8.88. The van der Waals surface area contributed by atoms with E-state index >= 15 is 0 Å². The molecule has 0 atom stereocenters. The maximum Gasteiger partial charge on any atom is 0.127 e. The highest BCUT2D eigenvalue weighted by atomic mass is 79.9. The zero-order valence-electron chi connectivity index (χ0n) is 8.84. The molecule has 0 radical (unpaired) electrons. The summed E-state index contributed by atoms with van der Waals surface area (Å²) in [6.45, 7) is 1.28. The van der Waals surface area contributed by atoms with Crippen molar-refractivity contribution in [3.8, 4) is 0 Å². The maximum atomic E-state index is 13.3. The van der Waals surface area contributed by atoms with Crippen molar-refractivity contribution in [2.45, 2.75) is 13.1 Å². The third-order valence-corrected chi connectivity index (χ3v) is 5.52. The summed E-state index contributed by atoms with van der Waals surface area (Å²) >= 11 is 8.56. The highest BCUT2D eigenvalue weighted by Crippen LogP contribution is 2.32. The predicted molar refractivity (Wildman–Crippen MR) is 76.7 cm³/mol. The molecule has 0 aliphatic rings. The molecule has 0 aliphatic heterocycles. The molecule has 1 heterocycles. The molecule has 17 heavy (non-hydrogen) atoms. The first-order valence-electron chi connectivity index (χ1n) is 5.04. The van der Waals surface area contributed by atoms with E-state index in [1.165, 1.54) is 10.9 Å². The van der Waals surface area contributed by atoms with Crippen LogP contribution in [0.1, 0.15) is 10.4 Å². The standard InChI is InChI=1S/C12H10Br2FNS/c13-10-5-9(17-12(10)14)7-16-6-8-3-1-2-4-11(8)15/h1-5,16H,6-7H2. The van der Waals surface area contributed by atoms with Gasteiger partial charge >= 0.3 is 0 Å². The lowest BCUT2D eigenvalue weighted by molar-refractivity contribution is 0.589. The van der Waals surface area contributed by atoms with Gasteiger partial charge in [-0.3, -0.25) is 0 Å². The molecule has 2 rings (SSSR count). The number of hydrogen-bond donors (Lipinski definition) is 1. The number of nitrogens with one attached hydrogen (secondary N) is 1. The molecule has 0 spiro atoms. The first-order chi connectivity index (χ1) is 8.16. The van der Waals surface area contributed by atoms with Crippen LogP contribution in [-0.4, -0.2) is 0 Å². The topological polar surface area (TPSA) is 12.0 Å². The van der Waals surface area contributed by atoms with E-state index in [1.807, 2.05) is 6.07 Å². The number of hydrogen-bond acceptors (Lipinski definition) is 2. The van der Waals surface area contributed by atoms with Crippen molar-refractivity contribution >= 4 is 43.2 Å². The minimum Gasteiger partial charge on any atom is -0.308 e. The van der Waals surface area contributed by atoms with Crippen LogP contribution < -0.4 is 5.32 Å². The average molecular weight is 379 g/mol. The van der Waals surface area contributed by atoms with Gasteiger partial charge in [0, 0.05) is 28.0 Å². The molecule has 90 valence electrons. The molecule has 0 saturated heterocycles. The van der Waals surface area contributed by atoms with Crippen LogP contribution in [0, 0.1) is 5.82 Å².